The van der Waals surface area contributed by atoms with E-state index in [-0.39, 0.29) is 0 Å². The van der Waals surface area contributed by atoms with Crippen LogP contribution in [0.1, 0.15) is 58.3 Å². The number of anilines is 1. The van der Waals surface area contributed by atoms with E-state index >= 15 is 0 Å². The molecule has 1 aromatic heterocycles. The second kappa shape index (κ2) is 10.7. The van der Waals surface area contributed by atoms with Crippen molar-refractivity contribution in [2.45, 2.75) is 58.3 Å². The summed E-state index contributed by atoms with van der Waals surface area (Å²) < 4.78 is 5.20. The number of aromatic nitrogens is 1. The normalized spacial score (nSPS) is 10.4. The van der Waals surface area contributed by atoms with E-state index in [1.807, 2.05) is 12.1 Å². The molecule has 0 amide bonds. The summed E-state index contributed by atoms with van der Waals surface area (Å²) in [6.07, 6.45) is 12.5. The van der Waals surface area contributed by atoms with Gasteiger partial charge in [0.05, 0.1) is 12.8 Å². The molecule has 0 aromatic carbocycles. The SMILES string of the molecule is CCCCCCCCCCNc1cccnc1OC. The largest absolute Gasteiger partial charge is 0.480 e. The molecule has 1 heterocycles. The van der Waals surface area contributed by atoms with Crippen molar-refractivity contribution in [2.24, 2.45) is 0 Å². The van der Waals surface area contributed by atoms with Crippen LogP contribution in [0.5, 0.6) is 5.88 Å². The van der Waals surface area contributed by atoms with Crippen molar-refractivity contribution in [3.05, 3.63) is 18.3 Å². The maximum absolute atomic E-state index is 5.20. The van der Waals surface area contributed by atoms with Gasteiger partial charge in [-0.3, -0.25) is 0 Å². The smallest absolute Gasteiger partial charge is 0.237 e. The van der Waals surface area contributed by atoms with Crippen LogP contribution < -0.4 is 10.1 Å². The van der Waals surface area contributed by atoms with Gasteiger partial charge in [-0.05, 0) is 18.6 Å². The van der Waals surface area contributed by atoms with Gasteiger partial charge in [-0.25, -0.2) is 4.98 Å². The molecule has 0 bridgehead atoms. The fraction of sp³-hybridized carbons (Fsp3) is 0.688. The van der Waals surface area contributed by atoms with Crippen LogP contribution in [0.2, 0.25) is 0 Å². The lowest BCUT2D eigenvalue weighted by molar-refractivity contribution is 0.399. The molecule has 0 spiro atoms. The van der Waals surface area contributed by atoms with E-state index in [1.54, 1.807) is 13.3 Å². The van der Waals surface area contributed by atoms with Gasteiger partial charge in [0.15, 0.2) is 0 Å². The average molecular weight is 264 g/mol. The predicted molar refractivity (Wildman–Crippen MR) is 81.9 cm³/mol. The minimum absolute atomic E-state index is 0.682. The number of unbranched alkanes of at least 4 members (excludes halogenated alkanes) is 7. The molecule has 0 aliphatic carbocycles. The Labute approximate surface area is 117 Å². The van der Waals surface area contributed by atoms with Gasteiger partial charge in [0, 0.05) is 12.7 Å². The molecule has 0 saturated carbocycles. The summed E-state index contributed by atoms with van der Waals surface area (Å²) in [5, 5.41) is 3.39. The Morgan fingerprint density at radius 1 is 1.05 bits per heavy atom. The Hall–Kier alpha value is -1.25. The molecular weight excluding hydrogens is 236 g/mol. The van der Waals surface area contributed by atoms with E-state index in [0.29, 0.717) is 5.88 Å². The first-order valence-electron chi connectivity index (χ1n) is 7.61. The molecule has 1 rings (SSSR count). The zero-order chi connectivity index (χ0) is 13.8. The minimum atomic E-state index is 0.682. The number of methoxy groups -OCH3 is 1. The highest BCUT2D eigenvalue weighted by Gasteiger charge is 2.01. The third-order valence-electron chi connectivity index (χ3n) is 3.31. The summed E-state index contributed by atoms with van der Waals surface area (Å²) in [4.78, 5) is 4.17. The maximum Gasteiger partial charge on any atom is 0.237 e. The number of hydrogen-bond donors (Lipinski definition) is 1. The van der Waals surface area contributed by atoms with Crippen molar-refractivity contribution >= 4 is 5.69 Å². The fourth-order valence-electron chi connectivity index (χ4n) is 2.17. The number of hydrogen-bond acceptors (Lipinski definition) is 3. The van der Waals surface area contributed by atoms with Crippen molar-refractivity contribution in [2.75, 3.05) is 19.0 Å². The van der Waals surface area contributed by atoms with Gasteiger partial charge in [0.25, 0.3) is 0 Å². The van der Waals surface area contributed by atoms with Gasteiger partial charge >= 0.3 is 0 Å². The van der Waals surface area contributed by atoms with Crippen LogP contribution in [0, 0.1) is 0 Å². The van der Waals surface area contributed by atoms with E-state index in [9.17, 15) is 0 Å². The first kappa shape index (κ1) is 15.8. The van der Waals surface area contributed by atoms with E-state index in [1.165, 1.54) is 51.4 Å². The monoisotopic (exact) mass is 264 g/mol. The number of ether oxygens (including phenoxy) is 1. The first-order valence-corrected chi connectivity index (χ1v) is 7.61. The molecule has 0 unspecified atom stereocenters. The molecule has 1 N–H and O–H groups in total. The lowest BCUT2D eigenvalue weighted by atomic mass is 10.1. The summed E-state index contributed by atoms with van der Waals surface area (Å²) in [6.45, 7) is 3.26. The summed E-state index contributed by atoms with van der Waals surface area (Å²) in [5.41, 5.74) is 0.993. The van der Waals surface area contributed by atoms with Crippen molar-refractivity contribution in [1.29, 1.82) is 0 Å². The number of pyridine rings is 1. The van der Waals surface area contributed by atoms with Crippen LogP contribution in [0.4, 0.5) is 5.69 Å². The predicted octanol–water partition coefficient (Wildman–Crippen LogP) is 4.64. The topological polar surface area (TPSA) is 34.2 Å². The molecule has 0 aliphatic heterocycles. The van der Waals surface area contributed by atoms with Crippen molar-refractivity contribution in [1.82, 2.24) is 4.98 Å². The Bertz CT molecular complexity index is 328. The second-order valence-corrected chi connectivity index (χ2v) is 4.96. The molecule has 0 atom stereocenters. The zero-order valence-electron chi connectivity index (χ0n) is 12.5. The quantitative estimate of drug-likeness (QED) is 0.591. The highest BCUT2D eigenvalue weighted by Crippen LogP contribution is 2.19. The molecule has 0 saturated heterocycles. The lowest BCUT2D eigenvalue weighted by Crippen LogP contribution is -2.03. The van der Waals surface area contributed by atoms with Gasteiger partial charge in [-0.1, -0.05) is 51.9 Å². The molecular formula is C16H28N2O. The fourth-order valence-corrected chi connectivity index (χ4v) is 2.17. The minimum Gasteiger partial charge on any atom is -0.480 e. The molecule has 0 fully saturated rings. The Kier molecular flexibility index (Phi) is 8.86. The molecule has 19 heavy (non-hydrogen) atoms. The van der Waals surface area contributed by atoms with E-state index in [4.69, 9.17) is 4.74 Å². The number of nitrogens with zero attached hydrogens (tertiary/aromatic N) is 1. The molecule has 108 valence electrons. The van der Waals surface area contributed by atoms with Gasteiger partial charge in [-0.2, -0.15) is 0 Å². The molecule has 0 aliphatic rings. The second-order valence-electron chi connectivity index (χ2n) is 4.96. The zero-order valence-corrected chi connectivity index (χ0v) is 12.5. The van der Waals surface area contributed by atoms with Crippen LogP contribution in [0.3, 0.4) is 0 Å². The van der Waals surface area contributed by atoms with E-state index in [0.717, 1.165) is 12.2 Å². The third kappa shape index (κ3) is 7.04. The third-order valence-corrected chi connectivity index (χ3v) is 3.31. The van der Waals surface area contributed by atoms with Gasteiger partial charge in [0.2, 0.25) is 5.88 Å². The molecule has 3 nitrogen and oxygen atoms in total. The van der Waals surface area contributed by atoms with Gasteiger partial charge in [0.1, 0.15) is 0 Å². The summed E-state index contributed by atoms with van der Waals surface area (Å²) >= 11 is 0. The maximum atomic E-state index is 5.20. The van der Waals surface area contributed by atoms with Crippen LogP contribution in [-0.2, 0) is 0 Å². The van der Waals surface area contributed by atoms with Crippen molar-refractivity contribution in [3.8, 4) is 5.88 Å². The molecule has 1 aromatic rings. The molecule has 3 heteroatoms. The summed E-state index contributed by atoms with van der Waals surface area (Å²) in [5.74, 6) is 0.682. The molecule has 0 radical (unpaired) electrons. The van der Waals surface area contributed by atoms with Crippen molar-refractivity contribution in [3.63, 3.8) is 0 Å². The Balaban J connectivity index is 2.01. The number of rotatable bonds is 11. The van der Waals surface area contributed by atoms with Gasteiger partial charge in [-0.15, -0.1) is 0 Å². The Morgan fingerprint density at radius 2 is 1.74 bits per heavy atom. The number of nitrogens with one attached hydrogen (secondary N) is 1. The van der Waals surface area contributed by atoms with Crippen LogP contribution in [-0.4, -0.2) is 18.6 Å². The highest BCUT2D eigenvalue weighted by molar-refractivity contribution is 5.51. The van der Waals surface area contributed by atoms with E-state index in [2.05, 4.69) is 17.2 Å². The van der Waals surface area contributed by atoms with E-state index < -0.39 is 0 Å². The Morgan fingerprint density at radius 3 is 2.42 bits per heavy atom. The van der Waals surface area contributed by atoms with Gasteiger partial charge < -0.3 is 10.1 Å². The highest BCUT2D eigenvalue weighted by atomic mass is 16.5. The lowest BCUT2D eigenvalue weighted by Gasteiger charge is -2.09. The van der Waals surface area contributed by atoms with Crippen LogP contribution in [0.25, 0.3) is 0 Å². The van der Waals surface area contributed by atoms with Crippen molar-refractivity contribution < 1.29 is 4.74 Å². The summed E-state index contributed by atoms with van der Waals surface area (Å²) in [7, 11) is 1.66. The average Bonchev–Trinajstić information content (AvgIpc) is 2.46. The summed E-state index contributed by atoms with van der Waals surface area (Å²) in [6, 6.07) is 3.94. The standard InChI is InChI=1S/C16H28N2O/c1-3-4-5-6-7-8-9-10-13-17-15-12-11-14-18-16(15)19-2/h11-12,14,17H,3-10,13H2,1-2H3. The van der Waals surface area contributed by atoms with Crippen LogP contribution in [0.15, 0.2) is 18.3 Å². The first-order chi connectivity index (χ1) is 9.38. The van der Waals surface area contributed by atoms with Crippen LogP contribution >= 0.6 is 0 Å².